The standard InChI is InChI=1S/C24H33ClN4O2.HI/c1-29-13-5-7-19(23(29)18-6-4-8-20(25)15-18)16-28-24(26)27-12-11-17-9-10-21(30-2)22(14-17)31-3;/h4,6,8-10,14-15,19,23H,5,7,11-13,16H2,1-3H3,(H3,26,27,28);1H. The lowest BCUT2D eigenvalue weighted by atomic mass is 9.85. The zero-order chi connectivity index (χ0) is 22.2. The molecule has 176 valence electrons. The van der Waals surface area contributed by atoms with Gasteiger partial charge in [0, 0.05) is 24.2 Å². The SMILES string of the molecule is COc1ccc(CCNC(N)=NCC2CCCN(C)C2c2cccc(Cl)c2)cc1OC.I. The van der Waals surface area contributed by atoms with Gasteiger partial charge in [-0.25, -0.2) is 0 Å². The molecule has 0 aliphatic carbocycles. The van der Waals surface area contributed by atoms with Crippen LogP contribution in [0.2, 0.25) is 5.02 Å². The highest BCUT2D eigenvalue weighted by Crippen LogP contribution is 2.36. The maximum atomic E-state index is 6.24. The summed E-state index contributed by atoms with van der Waals surface area (Å²) in [4.78, 5) is 7.05. The highest BCUT2D eigenvalue weighted by molar-refractivity contribution is 14.0. The highest BCUT2D eigenvalue weighted by atomic mass is 127. The fraction of sp³-hybridized carbons (Fsp3) is 0.458. The van der Waals surface area contributed by atoms with E-state index in [4.69, 9.17) is 26.8 Å². The van der Waals surface area contributed by atoms with E-state index in [9.17, 15) is 0 Å². The molecule has 6 nitrogen and oxygen atoms in total. The van der Waals surface area contributed by atoms with Crippen LogP contribution >= 0.6 is 35.6 Å². The van der Waals surface area contributed by atoms with Crippen LogP contribution in [-0.4, -0.2) is 51.8 Å². The van der Waals surface area contributed by atoms with Crippen LogP contribution in [0.15, 0.2) is 47.5 Å². The lowest BCUT2D eigenvalue weighted by molar-refractivity contribution is 0.125. The van der Waals surface area contributed by atoms with Crippen LogP contribution in [0.1, 0.15) is 30.0 Å². The van der Waals surface area contributed by atoms with Crippen LogP contribution in [0.5, 0.6) is 11.5 Å². The summed E-state index contributed by atoms with van der Waals surface area (Å²) >= 11 is 6.24. The molecule has 8 heteroatoms. The van der Waals surface area contributed by atoms with Crippen molar-refractivity contribution in [3.8, 4) is 11.5 Å². The number of piperidine rings is 1. The van der Waals surface area contributed by atoms with Crippen molar-refractivity contribution < 1.29 is 9.47 Å². The molecule has 2 aromatic carbocycles. The molecule has 2 unspecified atom stereocenters. The monoisotopic (exact) mass is 572 g/mol. The highest BCUT2D eigenvalue weighted by Gasteiger charge is 2.30. The smallest absolute Gasteiger partial charge is 0.188 e. The summed E-state index contributed by atoms with van der Waals surface area (Å²) in [5.74, 6) is 2.35. The molecule has 0 bridgehead atoms. The van der Waals surface area contributed by atoms with Crippen molar-refractivity contribution in [1.29, 1.82) is 0 Å². The summed E-state index contributed by atoms with van der Waals surface area (Å²) in [7, 11) is 5.45. The number of hydrogen-bond acceptors (Lipinski definition) is 4. The molecule has 32 heavy (non-hydrogen) atoms. The summed E-state index contributed by atoms with van der Waals surface area (Å²) < 4.78 is 10.7. The van der Waals surface area contributed by atoms with Crippen LogP contribution < -0.4 is 20.5 Å². The van der Waals surface area contributed by atoms with Gasteiger partial charge < -0.3 is 20.5 Å². The molecular weight excluding hydrogens is 539 g/mol. The van der Waals surface area contributed by atoms with Gasteiger partial charge in [-0.2, -0.15) is 0 Å². The first-order valence-corrected chi connectivity index (χ1v) is 11.1. The second-order valence-corrected chi connectivity index (χ2v) is 8.41. The van der Waals surface area contributed by atoms with E-state index < -0.39 is 0 Å². The van der Waals surface area contributed by atoms with Crippen LogP contribution in [-0.2, 0) is 6.42 Å². The first kappa shape index (κ1) is 26.5. The molecule has 0 radical (unpaired) electrons. The summed E-state index contributed by atoms with van der Waals surface area (Å²) in [6.07, 6.45) is 3.11. The number of hydrogen-bond donors (Lipinski definition) is 2. The number of nitrogens with zero attached hydrogens (tertiary/aromatic N) is 2. The van der Waals surface area contributed by atoms with Gasteiger partial charge in [-0.3, -0.25) is 9.89 Å². The van der Waals surface area contributed by atoms with Crippen LogP contribution in [0, 0.1) is 5.92 Å². The average molecular weight is 573 g/mol. The van der Waals surface area contributed by atoms with Crippen molar-refractivity contribution >= 4 is 41.5 Å². The van der Waals surface area contributed by atoms with Gasteiger partial charge in [-0.15, -0.1) is 24.0 Å². The number of rotatable bonds is 8. The molecule has 0 amide bonds. The Morgan fingerprint density at radius 1 is 1.19 bits per heavy atom. The molecular formula is C24H34ClIN4O2. The number of likely N-dealkylation sites (tertiary alicyclic amines) is 1. The lowest BCUT2D eigenvalue weighted by Gasteiger charge is -2.39. The zero-order valence-electron chi connectivity index (χ0n) is 19.0. The fourth-order valence-electron chi connectivity index (χ4n) is 4.31. The first-order chi connectivity index (χ1) is 15.0. The molecule has 3 N–H and O–H groups in total. The summed E-state index contributed by atoms with van der Waals surface area (Å²) in [6.45, 7) is 2.47. The molecule has 0 aromatic heterocycles. The number of nitrogens with one attached hydrogen (secondary N) is 1. The van der Waals surface area contributed by atoms with Crippen molar-refractivity contribution in [2.24, 2.45) is 16.6 Å². The van der Waals surface area contributed by atoms with E-state index in [1.807, 2.05) is 30.3 Å². The molecule has 1 heterocycles. The molecule has 1 aliphatic heterocycles. The van der Waals surface area contributed by atoms with Gasteiger partial charge in [0.25, 0.3) is 0 Å². The molecule has 0 spiro atoms. The summed E-state index contributed by atoms with van der Waals surface area (Å²) in [5.41, 5.74) is 8.55. The first-order valence-electron chi connectivity index (χ1n) is 10.7. The largest absolute Gasteiger partial charge is 0.493 e. The van der Waals surface area contributed by atoms with Gasteiger partial charge >= 0.3 is 0 Å². The molecule has 1 aliphatic rings. The van der Waals surface area contributed by atoms with Crippen molar-refractivity contribution in [2.75, 3.05) is 40.9 Å². The Balaban J connectivity index is 0.00000363. The number of nitrogens with two attached hydrogens (primary N) is 1. The van der Waals surface area contributed by atoms with Gasteiger partial charge in [0.1, 0.15) is 0 Å². The van der Waals surface area contributed by atoms with Crippen molar-refractivity contribution in [2.45, 2.75) is 25.3 Å². The fourth-order valence-corrected chi connectivity index (χ4v) is 4.51. The maximum Gasteiger partial charge on any atom is 0.188 e. The van der Waals surface area contributed by atoms with Gasteiger partial charge in [-0.05, 0) is 74.2 Å². The van der Waals surface area contributed by atoms with Gasteiger partial charge in [0.05, 0.1) is 14.2 Å². The number of methoxy groups -OCH3 is 2. The molecule has 3 rings (SSSR count). The Hall–Kier alpha value is -1.71. The molecule has 2 aromatic rings. The molecule has 1 saturated heterocycles. The number of aliphatic imine (C=N–C) groups is 1. The predicted molar refractivity (Wildman–Crippen MR) is 143 cm³/mol. The van der Waals surface area contributed by atoms with E-state index in [2.05, 4.69) is 34.4 Å². The second kappa shape index (κ2) is 13.1. The Morgan fingerprint density at radius 2 is 1.97 bits per heavy atom. The van der Waals surface area contributed by atoms with E-state index in [-0.39, 0.29) is 24.0 Å². The second-order valence-electron chi connectivity index (χ2n) is 7.97. The van der Waals surface area contributed by atoms with E-state index in [0.717, 1.165) is 41.5 Å². The van der Waals surface area contributed by atoms with E-state index in [1.54, 1.807) is 14.2 Å². The Morgan fingerprint density at radius 3 is 2.69 bits per heavy atom. The Labute approximate surface area is 213 Å². The third-order valence-electron chi connectivity index (χ3n) is 5.86. The number of guanidine groups is 1. The van der Waals surface area contributed by atoms with Gasteiger partial charge in [0.2, 0.25) is 0 Å². The van der Waals surface area contributed by atoms with Gasteiger partial charge in [0.15, 0.2) is 17.5 Å². The molecule has 2 atom stereocenters. The lowest BCUT2D eigenvalue weighted by Crippen LogP contribution is -2.38. The minimum atomic E-state index is 0. The third-order valence-corrected chi connectivity index (χ3v) is 6.10. The number of halogens is 2. The third kappa shape index (κ3) is 7.15. The van der Waals surface area contributed by atoms with Crippen molar-refractivity contribution in [1.82, 2.24) is 10.2 Å². The van der Waals surface area contributed by atoms with E-state index in [0.29, 0.717) is 31.0 Å². The number of ether oxygens (including phenoxy) is 2. The van der Waals surface area contributed by atoms with Crippen LogP contribution in [0.25, 0.3) is 0 Å². The summed E-state index contributed by atoms with van der Waals surface area (Å²) in [6, 6.07) is 14.4. The maximum absolute atomic E-state index is 6.24. The van der Waals surface area contributed by atoms with E-state index >= 15 is 0 Å². The number of benzene rings is 2. The average Bonchev–Trinajstić information content (AvgIpc) is 2.77. The molecule has 0 saturated carbocycles. The Bertz CT molecular complexity index is 896. The van der Waals surface area contributed by atoms with Gasteiger partial charge in [-0.1, -0.05) is 29.8 Å². The minimum absolute atomic E-state index is 0. The summed E-state index contributed by atoms with van der Waals surface area (Å²) in [5, 5.41) is 4.01. The minimum Gasteiger partial charge on any atom is -0.493 e. The predicted octanol–water partition coefficient (Wildman–Crippen LogP) is 4.51. The van der Waals surface area contributed by atoms with E-state index in [1.165, 1.54) is 12.0 Å². The van der Waals surface area contributed by atoms with Crippen molar-refractivity contribution in [3.63, 3.8) is 0 Å². The Kier molecular flexibility index (Phi) is 10.9. The quantitative estimate of drug-likeness (QED) is 0.277. The zero-order valence-corrected chi connectivity index (χ0v) is 22.1. The topological polar surface area (TPSA) is 72.1 Å². The molecule has 1 fully saturated rings. The van der Waals surface area contributed by atoms with Crippen LogP contribution in [0.3, 0.4) is 0 Å². The normalized spacial score (nSPS) is 19.2. The van der Waals surface area contributed by atoms with Crippen molar-refractivity contribution in [3.05, 3.63) is 58.6 Å². The van der Waals surface area contributed by atoms with Crippen LogP contribution in [0.4, 0.5) is 0 Å².